The number of fused-ring (bicyclic) bond motifs is 1. The zero-order chi connectivity index (χ0) is 14.3. The molecule has 0 bridgehead atoms. The fraction of sp³-hybridized carbons (Fsp3) is 0.533. The lowest BCUT2D eigenvalue weighted by Gasteiger charge is -2.36. The molecule has 0 aliphatic carbocycles. The molecule has 3 rings (SSSR count). The number of nitrogens with zero attached hydrogens (tertiary/aromatic N) is 3. The van der Waals surface area contributed by atoms with Crippen LogP contribution in [0.5, 0.6) is 0 Å². The number of anilines is 2. The fourth-order valence-electron chi connectivity index (χ4n) is 2.98. The number of aromatic nitrogens is 1. The van der Waals surface area contributed by atoms with Crippen molar-refractivity contribution < 1.29 is 0 Å². The van der Waals surface area contributed by atoms with Gasteiger partial charge in [-0.3, -0.25) is 0 Å². The highest BCUT2D eigenvalue weighted by atomic mass is 32.1. The van der Waals surface area contributed by atoms with Crippen molar-refractivity contribution in [1.29, 1.82) is 0 Å². The zero-order valence-electron chi connectivity index (χ0n) is 12.4. The largest absolute Gasteiger partial charge is 0.397 e. The Balaban J connectivity index is 1.90. The van der Waals surface area contributed by atoms with Crippen molar-refractivity contribution in [2.24, 2.45) is 0 Å². The third-order valence-corrected chi connectivity index (χ3v) is 5.19. The van der Waals surface area contributed by atoms with E-state index in [1.54, 1.807) is 11.3 Å². The number of nitrogens with two attached hydrogens (primary N) is 1. The number of nitrogen functional groups attached to an aromatic ring is 1. The highest BCUT2D eigenvalue weighted by Gasteiger charge is 2.22. The number of hydrogen-bond donors (Lipinski definition) is 1. The second-order valence-corrected chi connectivity index (χ2v) is 6.99. The first-order chi connectivity index (χ1) is 9.54. The number of piperidine rings is 1. The van der Waals surface area contributed by atoms with Gasteiger partial charge in [0.1, 0.15) is 0 Å². The molecule has 1 saturated heterocycles. The fourth-order valence-corrected chi connectivity index (χ4v) is 3.84. The molecule has 5 heteroatoms. The summed E-state index contributed by atoms with van der Waals surface area (Å²) in [6, 6.07) is 4.79. The van der Waals surface area contributed by atoms with Gasteiger partial charge in [0.05, 0.1) is 26.6 Å². The predicted molar refractivity (Wildman–Crippen MR) is 87.7 cm³/mol. The summed E-state index contributed by atoms with van der Waals surface area (Å²) in [6.45, 7) is 4.36. The maximum absolute atomic E-state index is 6.26. The molecule has 1 aromatic carbocycles. The van der Waals surface area contributed by atoms with E-state index in [2.05, 4.69) is 41.0 Å². The highest BCUT2D eigenvalue weighted by Crippen LogP contribution is 2.33. The zero-order valence-corrected chi connectivity index (χ0v) is 13.2. The Hall–Kier alpha value is -1.33. The summed E-state index contributed by atoms with van der Waals surface area (Å²) >= 11 is 1.71. The lowest BCUT2D eigenvalue weighted by molar-refractivity contribution is 0.253. The van der Waals surface area contributed by atoms with Gasteiger partial charge >= 0.3 is 0 Å². The van der Waals surface area contributed by atoms with Crippen LogP contribution in [0.1, 0.15) is 17.8 Å². The molecule has 1 aliphatic rings. The van der Waals surface area contributed by atoms with Crippen LogP contribution < -0.4 is 10.6 Å². The number of hydrogen-bond acceptors (Lipinski definition) is 5. The van der Waals surface area contributed by atoms with Gasteiger partial charge in [-0.05, 0) is 52.0 Å². The number of benzene rings is 1. The number of likely N-dealkylation sites (tertiary alicyclic amines) is 1. The van der Waals surface area contributed by atoms with Crippen LogP contribution in [0, 0.1) is 6.92 Å². The first-order valence-electron chi connectivity index (χ1n) is 7.12. The van der Waals surface area contributed by atoms with Gasteiger partial charge in [0.15, 0.2) is 0 Å². The summed E-state index contributed by atoms with van der Waals surface area (Å²) in [5, 5.41) is 1.10. The van der Waals surface area contributed by atoms with Crippen LogP contribution in [-0.4, -0.2) is 43.1 Å². The lowest BCUT2D eigenvalue weighted by atomic mass is 10.0. The van der Waals surface area contributed by atoms with Crippen molar-refractivity contribution in [3.8, 4) is 0 Å². The Morgan fingerprint density at radius 2 is 2.05 bits per heavy atom. The van der Waals surface area contributed by atoms with Crippen LogP contribution >= 0.6 is 11.3 Å². The summed E-state index contributed by atoms with van der Waals surface area (Å²) in [7, 11) is 4.35. The second kappa shape index (κ2) is 5.22. The molecular weight excluding hydrogens is 268 g/mol. The summed E-state index contributed by atoms with van der Waals surface area (Å²) in [5.41, 5.74) is 9.31. The maximum Gasteiger partial charge on any atom is 0.0907 e. The summed E-state index contributed by atoms with van der Waals surface area (Å²) in [6.07, 6.45) is 2.39. The molecule has 0 spiro atoms. The molecule has 1 aromatic heterocycles. The SMILES string of the molecule is Cc1nc2cc(N(C)C3CCN(C)CC3)c(N)cc2s1. The molecular formula is C15H22N4S. The molecule has 2 heterocycles. The van der Waals surface area contributed by atoms with Gasteiger partial charge in [0.25, 0.3) is 0 Å². The van der Waals surface area contributed by atoms with Crippen LogP contribution in [0.15, 0.2) is 12.1 Å². The third kappa shape index (κ3) is 2.47. The average Bonchev–Trinajstić information content (AvgIpc) is 2.77. The van der Waals surface area contributed by atoms with Crippen molar-refractivity contribution in [2.75, 3.05) is 37.8 Å². The Kier molecular flexibility index (Phi) is 3.56. The van der Waals surface area contributed by atoms with E-state index >= 15 is 0 Å². The molecule has 0 radical (unpaired) electrons. The summed E-state index contributed by atoms with van der Waals surface area (Å²) in [5.74, 6) is 0. The van der Waals surface area contributed by atoms with Gasteiger partial charge in [0.2, 0.25) is 0 Å². The Labute approximate surface area is 124 Å². The molecule has 20 heavy (non-hydrogen) atoms. The summed E-state index contributed by atoms with van der Waals surface area (Å²) in [4.78, 5) is 9.32. The molecule has 1 aliphatic heterocycles. The van der Waals surface area contributed by atoms with Crippen molar-refractivity contribution in [1.82, 2.24) is 9.88 Å². The van der Waals surface area contributed by atoms with E-state index in [1.807, 2.05) is 6.92 Å². The normalized spacial score (nSPS) is 17.8. The van der Waals surface area contributed by atoms with Gasteiger partial charge in [-0.2, -0.15) is 0 Å². The maximum atomic E-state index is 6.26. The number of rotatable bonds is 2. The van der Waals surface area contributed by atoms with Gasteiger partial charge in [-0.1, -0.05) is 0 Å². The van der Waals surface area contributed by atoms with E-state index < -0.39 is 0 Å². The van der Waals surface area contributed by atoms with Crippen LogP contribution in [0.4, 0.5) is 11.4 Å². The van der Waals surface area contributed by atoms with Gasteiger partial charge in [0, 0.05) is 13.1 Å². The van der Waals surface area contributed by atoms with Crippen molar-refractivity contribution in [3.63, 3.8) is 0 Å². The smallest absolute Gasteiger partial charge is 0.0907 e. The lowest BCUT2D eigenvalue weighted by Crippen LogP contribution is -2.42. The van der Waals surface area contributed by atoms with E-state index in [4.69, 9.17) is 5.73 Å². The first kappa shape index (κ1) is 13.6. The first-order valence-corrected chi connectivity index (χ1v) is 7.94. The van der Waals surface area contributed by atoms with Crippen LogP contribution in [-0.2, 0) is 0 Å². The molecule has 0 saturated carbocycles. The number of aryl methyl sites for hydroxylation is 1. The van der Waals surface area contributed by atoms with Crippen molar-refractivity contribution in [2.45, 2.75) is 25.8 Å². The van der Waals surface area contributed by atoms with Gasteiger partial charge in [-0.25, -0.2) is 4.98 Å². The highest BCUT2D eigenvalue weighted by molar-refractivity contribution is 7.18. The molecule has 0 atom stereocenters. The average molecular weight is 290 g/mol. The third-order valence-electron chi connectivity index (χ3n) is 4.26. The Bertz CT molecular complexity index is 614. The predicted octanol–water partition coefficient (Wildman–Crippen LogP) is 2.72. The van der Waals surface area contributed by atoms with Crippen LogP contribution in [0.25, 0.3) is 10.2 Å². The second-order valence-electron chi connectivity index (χ2n) is 5.76. The molecule has 2 N–H and O–H groups in total. The topological polar surface area (TPSA) is 45.4 Å². The molecule has 1 fully saturated rings. The summed E-state index contributed by atoms with van der Waals surface area (Å²) < 4.78 is 1.18. The molecule has 4 nitrogen and oxygen atoms in total. The van der Waals surface area contributed by atoms with E-state index in [9.17, 15) is 0 Å². The van der Waals surface area contributed by atoms with Crippen LogP contribution in [0.2, 0.25) is 0 Å². The number of thiazole rings is 1. The Morgan fingerprint density at radius 3 is 2.75 bits per heavy atom. The van der Waals surface area contributed by atoms with E-state index in [1.165, 1.54) is 17.5 Å². The van der Waals surface area contributed by atoms with Crippen molar-refractivity contribution >= 4 is 32.9 Å². The quantitative estimate of drug-likeness (QED) is 0.864. The standard InChI is InChI=1S/C15H22N4S/c1-10-17-13-9-14(12(16)8-15(13)20-10)19(3)11-4-6-18(2)7-5-11/h8-9,11H,4-7,16H2,1-3H3. The molecule has 0 amide bonds. The molecule has 108 valence electrons. The van der Waals surface area contributed by atoms with Crippen molar-refractivity contribution in [3.05, 3.63) is 17.1 Å². The minimum atomic E-state index is 0.575. The monoisotopic (exact) mass is 290 g/mol. The van der Waals surface area contributed by atoms with E-state index in [0.717, 1.165) is 35.0 Å². The minimum Gasteiger partial charge on any atom is -0.397 e. The molecule has 2 aromatic rings. The van der Waals surface area contributed by atoms with E-state index in [0.29, 0.717) is 6.04 Å². The van der Waals surface area contributed by atoms with Gasteiger partial charge in [-0.15, -0.1) is 11.3 Å². The van der Waals surface area contributed by atoms with Crippen LogP contribution in [0.3, 0.4) is 0 Å². The minimum absolute atomic E-state index is 0.575. The van der Waals surface area contributed by atoms with E-state index in [-0.39, 0.29) is 0 Å². The van der Waals surface area contributed by atoms with Gasteiger partial charge < -0.3 is 15.5 Å². The Morgan fingerprint density at radius 1 is 1.35 bits per heavy atom. The molecule has 0 unspecified atom stereocenters.